The first-order valence-corrected chi connectivity index (χ1v) is 15.6. The molecule has 0 aromatic heterocycles. The van der Waals surface area contributed by atoms with Crippen LogP contribution in [0, 0.1) is 0 Å². The molecule has 2 saturated heterocycles. The molecule has 0 radical (unpaired) electrons. The van der Waals surface area contributed by atoms with Crippen LogP contribution in [0.5, 0.6) is 0 Å². The fourth-order valence-electron chi connectivity index (χ4n) is 6.52. The van der Waals surface area contributed by atoms with Gasteiger partial charge in [-0.15, -0.1) is 0 Å². The molecule has 2 fully saturated rings. The van der Waals surface area contributed by atoms with Crippen LogP contribution in [0.1, 0.15) is 35.1 Å². The highest BCUT2D eigenvalue weighted by atomic mass is 35.5. The first-order valence-electron chi connectivity index (χ1n) is 15.2. The van der Waals surface area contributed by atoms with Gasteiger partial charge in [-0.25, -0.2) is 0 Å². The Morgan fingerprint density at radius 1 is 0.929 bits per heavy atom. The van der Waals surface area contributed by atoms with Crippen molar-refractivity contribution in [3.05, 3.63) is 100 Å². The van der Waals surface area contributed by atoms with E-state index in [0.29, 0.717) is 25.9 Å². The maximum absolute atomic E-state index is 13.5. The lowest BCUT2D eigenvalue weighted by Crippen LogP contribution is -2.55. The number of piperazine rings is 1. The van der Waals surface area contributed by atoms with Crippen LogP contribution in [0.25, 0.3) is 0 Å². The standard InChI is InChI=1S/C34H40ClN5O2/c35-29-13-11-25(12-14-29)20-30(37-34(42)31-21-26-6-1-2-7-27(26)22-36-31)24-38-16-18-39(19-17-38)32-9-4-3-8-28(32)23-40-15-5-10-33(40)41/h1-4,6-9,11-14,30-31,36H,5,10,15-24H2,(H,37,42)/t30-,31+/m0/s1. The van der Waals surface area contributed by atoms with Crippen LogP contribution in [0.3, 0.4) is 0 Å². The van der Waals surface area contributed by atoms with Gasteiger partial charge in [-0.3, -0.25) is 14.5 Å². The Bertz CT molecular complexity index is 1390. The Balaban J connectivity index is 1.09. The number of nitrogens with one attached hydrogen (secondary N) is 2. The lowest BCUT2D eigenvalue weighted by Gasteiger charge is -2.39. The summed E-state index contributed by atoms with van der Waals surface area (Å²) < 4.78 is 0. The molecule has 2 amide bonds. The Hall–Kier alpha value is -3.39. The number of hydrogen-bond donors (Lipinski definition) is 2. The highest BCUT2D eigenvalue weighted by Gasteiger charge is 2.28. The molecule has 0 saturated carbocycles. The van der Waals surface area contributed by atoms with E-state index in [9.17, 15) is 9.59 Å². The molecule has 3 aliphatic rings. The van der Waals surface area contributed by atoms with Crippen molar-refractivity contribution in [3.8, 4) is 0 Å². The molecular formula is C34H40ClN5O2. The Labute approximate surface area is 253 Å². The van der Waals surface area contributed by atoms with E-state index in [1.807, 2.05) is 23.1 Å². The monoisotopic (exact) mass is 585 g/mol. The van der Waals surface area contributed by atoms with Crippen molar-refractivity contribution in [2.24, 2.45) is 0 Å². The van der Waals surface area contributed by atoms with Crippen molar-refractivity contribution in [3.63, 3.8) is 0 Å². The number of nitrogens with zero attached hydrogens (tertiary/aromatic N) is 3. The van der Waals surface area contributed by atoms with Gasteiger partial charge in [0.25, 0.3) is 0 Å². The maximum Gasteiger partial charge on any atom is 0.237 e. The molecule has 3 aromatic carbocycles. The molecule has 3 heterocycles. The number of carbonyl (C=O) groups is 2. The molecule has 7 nitrogen and oxygen atoms in total. The van der Waals surface area contributed by atoms with Gasteiger partial charge in [0.1, 0.15) is 0 Å². The third-order valence-electron chi connectivity index (χ3n) is 8.86. The zero-order valence-electron chi connectivity index (χ0n) is 24.1. The van der Waals surface area contributed by atoms with E-state index < -0.39 is 0 Å². The summed E-state index contributed by atoms with van der Waals surface area (Å²) in [4.78, 5) is 32.6. The zero-order valence-corrected chi connectivity index (χ0v) is 24.9. The minimum atomic E-state index is -0.233. The van der Waals surface area contributed by atoms with Crippen molar-refractivity contribution >= 4 is 29.1 Å². The largest absolute Gasteiger partial charge is 0.369 e. The summed E-state index contributed by atoms with van der Waals surface area (Å²) in [6.45, 7) is 6.69. The van der Waals surface area contributed by atoms with Crippen molar-refractivity contribution in [1.29, 1.82) is 0 Å². The number of para-hydroxylation sites is 1. The average molecular weight is 586 g/mol. The van der Waals surface area contributed by atoms with Gasteiger partial charge in [0.15, 0.2) is 0 Å². The SMILES string of the molecule is O=C(N[C@@H](Cc1ccc(Cl)cc1)CN1CCN(c2ccccc2CN2CCCC2=O)CC1)[C@H]1Cc2ccccc2CN1. The van der Waals surface area contributed by atoms with E-state index in [0.717, 1.165) is 62.7 Å². The number of hydrogen-bond acceptors (Lipinski definition) is 5. The highest BCUT2D eigenvalue weighted by Crippen LogP contribution is 2.25. The first-order chi connectivity index (χ1) is 20.5. The number of carbonyl (C=O) groups excluding carboxylic acids is 2. The van der Waals surface area contributed by atoms with Crippen molar-refractivity contribution in [2.75, 3.05) is 44.2 Å². The molecule has 6 rings (SSSR count). The van der Waals surface area contributed by atoms with Crippen LogP contribution >= 0.6 is 11.6 Å². The smallest absolute Gasteiger partial charge is 0.237 e. The molecule has 3 aromatic rings. The number of halogens is 1. The topological polar surface area (TPSA) is 67.9 Å². The summed E-state index contributed by atoms with van der Waals surface area (Å²) in [5, 5.41) is 7.55. The molecule has 0 aliphatic carbocycles. The summed E-state index contributed by atoms with van der Waals surface area (Å²) in [7, 11) is 0. The maximum atomic E-state index is 13.5. The summed E-state index contributed by atoms with van der Waals surface area (Å²) in [5.41, 5.74) is 6.12. The molecule has 2 N–H and O–H groups in total. The van der Waals surface area contributed by atoms with Crippen LogP contribution < -0.4 is 15.5 Å². The third kappa shape index (κ3) is 6.97. The van der Waals surface area contributed by atoms with Gasteiger partial charge < -0.3 is 20.4 Å². The van der Waals surface area contributed by atoms with Gasteiger partial charge in [0.2, 0.25) is 11.8 Å². The molecular weight excluding hydrogens is 546 g/mol. The first kappa shape index (κ1) is 28.7. The minimum absolute atomic E-state index is 0.0161. The number of amides is 2. The second-order valence-electron chi connectivity index (χ2n) is 11.8. The van der Waals surface area contributed by atoms with Gasteiger partial charge in [-0.1, -0.05) is 66.2 Å². The second kappa shape index (κ2) is 13.3. The number of anilines is 1. The fourth-order valence-corrected chi connectivity index (χ4v) is 6.65. The van der Waals surface area contributed by atoms with Crippen LogP contribution in [-0.2, 0) is 35.5 Å². The lowest BCUT2D eigenvalue weighted by atomic mass is 9.95. The molecule has 3 aliphatic heterocycles. The second-order valence-corrected chi connectivity index (χ2v) is 12.2. The lowest BCUT2D eigenvalue weighted by molar-refractivity contribution is -0.128. The molecule has 8 heteroatoms. The van der Waals surface area contributed by atoms with Crippen LogP contribution in [0.15, 0.2) is 72.8 Å². The van der Waals surface area contributed by atoms with Crippen molar-refractivity contribution < 1.29 is 9.59 Å². The number of benzene rings is 3. The predicted octanol–water partition coefficient (Wildman–Crippen LogP) is 4.03. The average Bonchev–Trinajstić information content (AvgIpc) is 3.42. The van der Waals surface area contributed by atoms with E-state index in [-0.39, 0.29) is 23.9 Å². The number of rotatable bonds is 9. The summed E-state index contributed by atoms with van der Waals surface area (Å²) in [6.07, 6.45) is 3.08. The molecule has 0 spiro atoms. The summed E-state index contributed by atoms with van der Waals surface area (Å²) in [6, 6.07) is 24.5. The Morgan fingerprint density at radius 3 is 2.43 bits per heavy atom. The fraction of sp³-hybridized carbons (Fsp3) is 0.412. The van der Waals surface area contributed by atoms with Crippen LogP contribution in [-0.4, -0.2) is 73.0 Å². The minimum Gasteiger partial charge on any atom is -0.369 e. The van der Waals surface area contributed by atoms with Gasteiger partial charge in [0.05, 0.1) is 6.04 Å². The number of fused-ring (bicyclic) bond motifs is 1. The molecule has 42 heavy (non-hydrogen) atoms. The predicted molar refractivity (Wildman–Crippen MR) is 168 cm³/mol. The van der Waals surface area contributed by atoms with Crippen molar-refractivity contribution in [1.82, 2.24) is 20.4 Å². The van der Waals surface area contributed by atoms with Gasteiger partial charge >= 0.3 is 0 Å². The van der Waals surface area contributed by atoms with Crippen molar-refractivity contribution in [2.45, 2.75) is 50.9 Å². The van der Waals surface area contributed by atoms with E-state index in [4.69, 9.17) is 11.6 Å². The Morgan fingerprint density at radius 2 is 1.67 bits per heavy atom. The van der Waals surface area contributed by atoms with E-state index in [1.165, 1.54) is 22.4 Å². The van der Waals surface area contributed by atoms with Crippen LogP contribution in [0.4, 0.5) is 5.69 Å². The van der Waals surface area contributed by atoms with Gasteiger partial charge in [-0.05, 0) is 59.7 Å². The van der Waals surface area contributed by atoms with E-state index in [1.54, 1.807) is 0 Å². The van der Waals surface area contributed by atoms with Gasteiger partial charge in [0, 0.05) is 75.5 Å². The quantitative estimate of drug-likeness (QED) is 0.397. The number of likely N-dealkylation sites (tertiary alicyclic amines) is 1. The Kier molecular flexibility index (Phi) is 9.08. The zero-order chi connectivity index (χ0) is 28.9. The molecule has 2 atom stereocenters. The third-order valence-corrected chi connectivity index (χ3v) is 9.11. The highest BCUT2D eigenvalue weighted by molar-refractivity contribution is 6.30. The molecule has 0 bridgehead atoms. The van der Waals surface area contributed by atoms with E-state index in [2.05, 4.69) is 75.0 Å². The molecule has 220 valence electrons. The van der Waals surface area contributed by atoms with Crippen LogP contribution in [0.2, 0.25) is 5.02 Å². The molecule has 0 unspecified atom stereocenters. The summed E-state index contributed by atoms with van der Waals surface area (Å²) >= 11 is 6.15. The summed E-state index contributed by atoms with van der Waals surface area (Å²) in [5.74, 6) is 0.323. The van der Waals surface area contributed by atoms with E-state index >= 15 is 0 Å². The van der Waals surface area contributed by atoms with Gasteiger partial charge in [-0.2, -0.15) is 0 Å². The normalized spacial score (nSPS) is 19.9.